The van der Waals surface area contributed by atoms with Gasteiger partial charge in [0, 0.05) is 32.1 Å². The summed E-state index contributed by atoms with van der Waals surface area (Å²) in [5.41, 5.74) is 0.622. The van der Waals surface area contributed by atoms with Crippen molar-refractivity contribution in [1.29, 1.82) is 0 Å². The third-order valence-corrected chi connectivity index (χ3v) is 9.41. The number of carbonyl (C=O) groups excluding carboxylic acids is 2. The minimum Gasteiger partial charge on any atom is -0.356 e. The number of imidazole rings is 1. The van der Waals surface area contributed by atoms with Gasteiger partial charge in [-0.2, -0.15) is 13.2 Å². The normalized spacial score (nSPS) is 19.1. The van der Waals surface area contributed by atoms with Crippen molar-refractivity contribution in [2.45, 2.75) is 77.7 Å². The van der Waals surface area contributed by atoms with Gasteiger partial charge in [-0.15, -0.1) is 13.2 Å². The lowest BCUT2D eigenvalue weighted by Crippen LogP contribution is -2.53. The number of carbonyl (C=O) groups is 2. The Labute approximate surface area is 287 Å². The molecule has 3 aromatic rings. The molecule has 1 saturated carbocycles. The second kappa shape index (κ2) is 13.7. The molecule has 2 amide bonds. The van der Waals surface area contributed by atoms with E-state index in [1.807, 2.05) is 0 Å². The first-order valence-corrected chi connectivity index (χ1v) is 16.2. The molecule has 1 aliphatic carbocycles. The van der Waals surface area contributed by atoms with Crippen molar-refractivity contribution in [3.8, 4) is 0 Å². The highest BCUT2D eigenvalue weighted by molar-refractivity contribution is 6.39. The van der Waals surface area contributed by atoms with Crippen molar-refractivity contribution in [3.63, 3.8) is 0 Å². The van der Waals surface area contributed by atoms with Gasteiger partial charge in [0.05, 0.1) is 39.4 Å². The summed E-state index contributed by atoms with van der Waals surface area (Å²) in [4.78, 5) is 36.7. The van der Waals surface area contributed by atoms with Crippen molar-refractivity contribution < 1.29 is 40.7 Å². The molecule has 0 radical (unpaired) electrons. The van der Waals surface area contributed by atoms with E-state index in [1.165, 1.54) is 6.07 Å². The number of pyridine rings is 1. The van der Waals surface area contributed by atoms with Crippen LogP contribution >= 0.6 is 23.2 Å². The van der Waals surface area contributed by atoms with Crippen LogP contribution in [-0.2, 0) is 23.1 Å². The third kappa shape index (κ3) is 8.28. The number of halogens is 8. The SMILES string of the molecule is Cn1c(Nc2c(Cl)ccc(CNC(=O)C(C)(C)C)c2Cl)nc2cc(C(=O)NC3CC[C@@H]3OC(F)(F)F)c(N3CCC(C(F)(F)F)CC3)nc21. The molecule has 3 heterocycles. The number of nitrogens with zero attached hydrogens (tertiary/aromatic N) is 4. The molecule has 1 aliphatic heterocycles. The first-order chi connectivity index (χ1) is 22.7. The zero-order valence-corrected chi connectivity index (χ0v) is 28.5. The standard InChI is InChI=1S/C31H35Cl2F6N7O3/c1-29(2,3)27(48)40-14-15-5-6-18(32)23(22(15)33)43-28-42-20-13-17(26(47)41-19-7-8-21(19)49-31(37,38)39)24(44-25(20)45(28)4)46-11-9-16(10-12-46)30(34,35)36/h5-6,13,16,19,21H,7-12,14H2,1-4H3,(H,40,48)(H,41,47)(H,42,43)/t19?,21-/m0/s1. The van der Waals surface area contributed by atoms with E-state index >= 15 is 0 Å². The van der Waals surface area contributed by atoms with Gasteiger partial charge < -0.3 is 20.9 Å². The number of alkyl halides is 6. The van der Waals surface area contributed by atoms with E-state index in [0.717, 1.165) is 0 Å². The Balaban J connectivity index is 1.47. The number of hydrogen-bond donors (Lipinski definition) is 3. The summed E-state index contributed by atoms with van der Waals surface area (Å²) < 4.78 is 84.5. The van der Waals surface area contributed by atoms with Gasteiger partial charge >= 0.3 is 12.5 Å². The van der Waals surface area contributed by atoms with Crippen LogP contribution in [-0.4, -0.2) is 64.1 Å². The van der Waals surface area contributed by atoms with Gasteiger partial charge in [-0.25, -0.2) is 9.97 Å². The molecule has 0 spiro atoms. The number of rotatable bonds is 8. The molecule has 0 bridgehead atoms. The summed E-state index contributed by atoms with van der Waals surface area (Å²) >= 11 is 13.2. The summed E-state index contributed by atoms with van der Waals surface area (Å²) in [6.07, 6.45) is -10.7. The molecular formula is C31H35Cl2F6N7O3. The molecule has 1 saturated heterocycles. The number of aromatic nitrogens is 3. The van der Waals surface area contributed by atoms with Crippen LogP contribution in [0.4, 0.5) is 43.8 Å². The smallest absolute Gasteiger partial charge is 0.356 e. The second-order valence-electron chi connectivity index (χ2n) is 13.2. The quantitative estimate of drug-likeness (QED) is 0.209. The average molecular weight is 739 g/mol. The molecule has 2 fully saturated rings. The molecule has 2 aromatic heterocycles. The fourth-order valence-corrected chi connectivity index (χ4v) is 6.17. The molecule has 49 heavy (non-hydrogen) atoms. The largest absolute Gasteiger partial charge is 0.522 e. The lowest BCUT2D eigenvalue weighted by molar-refractivity contribution is -0.353. The van der Waals surface area contributed by atoms with Crippen LogP contribution < -0.4 is 20.9 Å². The number of anilines is 3. The van der Waals surface area contributed by atoms with E-state index in [0.29, 0.717) is 5.56 Å². The molecule has 2 aliphatic rings. The predicted molar refractivity (Wildman–Crippen MR) is 172 cm³/mol. The molecule has 10 nitrogen and oxygen atoms in total. The Kier molecular flexibility index (Phi) is 10.3. The first-order valence-electron chi connectivity index (χ1n) is 15.5. The number of piperidine rings is 1. The molecule has 1 aromatic carbocycles. The summed E-state index contributed by atoms with van der Waals surface area (Å²) in [6.45, 7) is 5.33. The van der Waals surface area contributed by atoms with E-state index in [9.17, 15) is 35.9 Å². The zero-order valence-electron chi connectivity index (χ0n) is 27.0. The van der Waals surface area contributed by atoms with Gasteiger partial charge in [-0.1, -0.05) is 50.0 Å². The lowest BCUT2D eigenvalue weighted by atomic mass is 9.88. The van der Waals surface area contributed by atoms with Crippen LogP contribution in [0.15, 0.2) is 18.2 Å². The maximum Gasteiger partial charge on any atom is 0.522 e. The number of benzene rings is 1. The number of ether oxygens (including phenoxy) is 1. The Bertz CT molecular complexity index is 1730. The maximum atomic E-state index is 13.6. The topological polar surface area (TPSA) is 113 Å². The molecule has 1 unspecified atom stereocenters. The minimum absolute atomic E-state index is 0.0566. The predicted octanol–water partition coefficient (Wildman–Crippen LogP) is 7.26. The highest BCUT2D eigenvalue weighted by Gasteiger charge is 2.44. The Hall–Kier alpha value is -3.50. The van der Waals surface area contributed by atoms with Gasteiger partial charge in [-0.05, 0) is 43.4 Å². The molecule has 18 heteroatoms. The van der Waals surface area contributed by atoms with Crippen LogP contribution in [0.2, 0.25) is 10.0 Å². The second-order valence-corrected chi connectivity index (χ2v) is 14.0. The molecule has 3 N–H and O–H groups in total. The van der Waals surface area contributed by atoms with Gasteiger partial charge in [0.2, 0.25) is 11.9 Å². The van der Waals surface area contributed by atoms with Gasteiger partial charge in [0.15, 0.2) is 5.65 Å². The Morgan fingerprint density at radius 3 is 2.24 bits per heavy atom. The van der Waals surface area contributed by atoms with Crippen LogP contribution in [0.25, 0.3) is 11.2 Å². The van der Waals surface area contributed by atoms with E-state index in [4.69, 9.17) is 23.2 Å². The minimum atomic E-state index is -4.88. The third-order valence-electron chi connectivity index (χ3n) is 8.67. The molecule has 268 valence electrons. The number of aryl methyl sites for hydroxylation is 1. The highest BCUT2D eigenvalue weighted by Crippen LogP contribution is 2.39. The Morgan fingerprint density at radius 2 is 1.67 bits per heavy atom. The van der Waals surface area contributed by atoms with Crippen molar-refractivity contribution in [2.24, 2.45) is 18.4 Å². The molecule has 5 rings (SSSR count). The van der Waals surface area contributed by atoms with Crippen LogP contribution in [0.1, 0.15) is 62.4 Å². The van der Waals surface area contributed by atoms with E-state index in [2.05, 4.69) is 30.7 Å². The average Bonchev–Trinajstić information content (AvgIpc) is 3.31. The van der Waals surface area contributed by atoms with Crippen molar-refractivity contribution >= 4 is 63.6 Å². The first kappa shape index (κ1) is 36.8. The highest BCUT2D eigenvalue weighted by atomic mass is 35.5. The number of hydrogen-bond acceptors (Lipinski definition) is 7. The maximum absolute atomic E-state index is 13.6. The number of fused-ring (bicyclic) bond motifs is 1. The number of amides is 2. The molecule has 2 atom stereocenters. The van der Waals surface area contributed by atoms with Crippen molar-refractivity contribution in [1.82, 2.24) is 25.2 Å². The van der Waals surface area contributed by atoms with Crippen LogP contribution in [0.5, 0.6) is 0 Å². The van der Waals surface area contributed by atoms with Crippen molar-refractivity contribution in [2.75, 3.05) is 23.3 Å². The van der Waals surface area contributed by atoms with Gasteiger partial charge in [0.25, 0.3) is 5.91 Å². The summed E-state index contributed by atoms with van der Waals surface area (Å²) in [7, 11) is 1.62. The zero-order chi connectivity index (χ0) is 36.1. The fraction of sp³-hybridized carbons (Fsp3) is 0.548. The fourth-order valence-electron chi connectivity index (χ4n) is 5.63. The summed E-state index contributed by atoms with van der Waals surface area (Å²) in [5.74, 6) is -2.20. The lowest BCUT2D eigenvalue weighted by Gasteiger charge is -2.37. The van der Waals surface area contributed by atoms with Gasteiger partial charge in [-0.3, -0.25) is 18.9 Å². The van der Waals surface area contributed by atoms with E-state index < -0.39 is 41.9 Å². The monoisotopic (exact) mass is 737 g/mol. The van der Waals surface area contributed by atoms with Crippen LogP contribution in [0, 0.1) is 11.3 Å². The van der Waals surface area contributed by atoms with Crippen LogP contribution in [0.3, 0.4) is 0 Å². The van der Waals surface area contributed by atoms with Crippen molar-refractivity contribution in [3.05, 3.63) is 39.4 Å². The Morgan fingerprint density at radius 1 is 1.00 bits per heavy atom. The summed E-state index contributed by atoms with van der Waals surface area (Å²) in [6, 6.07) is 3.73. The van der Waals surface area contributed by atoms with E-state index in [-0.39, 0.29) is 95.5 Å². The van der Waals surface area contributed by atoms with E-state index in [1.54, 1.807) is 49.4 Å². The molecular weight excluding hydrogens is 703 g/mol. The summed E-state index contributed by atoms with van der Waals surface area (Å²) in [5, 5.41) is 8.93. The number of nitrogens with one attached hydrogen (secondary N) is 3. The van der Waals surface area contributed by atoms with Gasteiger partial charge in [0.1, 0.15) is 11.3 Å².